The normalized spacial score (nSPS) is 24.0. The van der Waals surface area contributed by atoms with Crippen LogP contribution in [0.2, 0.25) is 0 Å². The van der Waals surface area contributed by atoms with Crippen LogP contribution in [0.15, 0.2) is 12.2 Å². The summed E-state index contributed by atoms with van der Waals surface area (Å²) >= 11 is 0. The molecule has 1 N–H and O–H groups in total. The molecule has 1 heterocycles. The molecule has 0 aromatic carbocycles. The van der Waals surface area contributed by atoms with E-state index >= 15 is 0 Å². The van der Waals surface area contributed by atoms with E-state index in [1.54, 1.807) is 0 Å². The topological polar surface area (TPSA) is 122 Å². The number of hydrogen-bond donors (Lipinski definition) is 1. The fraction of sp³-hybridized carbons (Fsp3) is 0.800. The van der Waals surface area contributed by atoms with E-state index in [2.05, 4.69) is 16.1 Å². The Morgan fingerprint density at radius 1 is 1.15 bits per heavy atom. The van der Waals surface area contributed by atoms with E-state index in [0.29, 0.717) is 0 Å². The van der Waals surface area contributed by atoms with Gasteiger partial charge < -0.3 is 23.9 Å². The Hall–Kier alpha value is -1.63. The summed E-state index contributed by atoms with van der Waals surface area (Å²) in [4.78, 5) is 11.7. The Morgan fingerprint density at radius 3 is 2.15 bits per heavy atom. The molecular formula is C15H16F9O8S-. The van der Waals surface area contributed by atoms with Crippen LogP contribution in [0.5, 0.6) is 0 Å². The van der Waals surface area contributed by atoms with E-state index < -0.39 is 95.9 Å². The fourth-order valence-corrected chi connectivity index (χ4v) is 2.81. The highest BCUT2D eigenvalue weighted by Crippen LogP contribution is 2.49. The maximum atomic E-state index is 13.8. The van der Waals surface area contributed by atoms with Crippen LogP contribution in [-0.4, -0.2) is 79.0 Å². The smallest absolute Gasteiger partial charge is 0.449 e. The van der Waals surface area contributed by atoms with Crippen LogP contribution in [0.4, 0.5) is 39.5 Å². The highest BCUT2D eigenvalue weighted by Gasteiger charge is 2.78. The first kappa shape index (κ1) is 29.4. The number of halogens is 9. The van der Waals surface area contributed by atoms with E-state index in [4.69, 9.17) is 9.84 Å². The summed E-state index contributed by atoms with van der Waals surface area (Å²) in [5.41, 5.74) is -0.720. The lowest BCUT2D eigenvalue weighted by molar-refractivity contribution is -0.405. The van der Waals surface area contributed by atoms with Crippen molar-refractivity contribution in [2.24, 2.45) is 0 Å². The minimum absolute atomic E-state index is 0.417. The van der Waals surface area contributed by atoms with E-state index in [9.17, 15) is 57.3 Å². The molecule has 1 rings (SSSR count). The van der Waals surface area contributed by atoms with Gasteiger partial charge in [-0.2, -0.15) is 39.5 Å². The van der Waals surface area contributed by atoms with Crippen LogP contribution >= 0.6 is 0 Å². The Kier molecular flexibility index (Phi) is 8.51. The zero-order valence-electron chi connectivity index (χ0n) is 16.1. The van der Waals surface area contributed by atoms with Crippen LogP contribution < -0.4 is 0 Å². The van der Waals surface area contributed by atoms with Gasteiger partial charge in [0.25, 0.3) is 0 Å². The maximum absolute atomic E-state index is 13.8. The van der Waals surface area contributed by atoms with Crippen LogP contribution in [-0.2, 0) is 29.1 Å². The number of ether oxygens (including phenoxy) is 3. The van der Waals surface area contributed by atoms with Crippen LogP contribution in [0.1, 0.15) is 19.3 Å². The SMILES string of the molecule is C=C(COCCCCC(F)(F)C(F)(F)S(=O)(=O)[O-])C(=O)OC1COC(O)(C(F)(F)F)C1(F)F. The predicted octanol–water partition coefficient (Wildman–Crippen LogP) is 2.33. The minimum Gasteiger partial charge on any atom is -0.743 e. The van der Waals surface area contributed by atoms with Crippen molar-refractivity contribution in [1.82, 2.24) is 0 Å². The molecule has 0 spiro atoms. The summed E-state index contributed by atoms with van der Waals surface area (Å²) in [6, 6.07) is 0. The predicted molar refractivity (Wildman–Crippen MR) is 85.2 cm³/mol. The standard InChI is InChI=1S/C15H17F9O8S/c1-8(6-30-5-3-2-4-11(16,17)15(23,24)33(27,28)29)10(25)32-9-7-31-13(26,12(9,18)19)14(20,21)22/h9,26H,1-7H2,(H,27,28,29)/p-1. The average molecular weight is 527 g/mol. The monoisotopic (exact) mass is 527 g/mol. The van der Waals surface area contributed by atoms with Crippen molar-refractivity contribution in [3.63, 3.8) is 0 Å². The van der Waals surface area contributed by atoms with Crippen molar-refractivity contribution in [1.29, 1.82) is 0 Å². The summed E-state index contributed by atoms with van der Waals surface area (Å²) < 4.78 is 161. The minimum atomic E-state index is -6.63. The Balaban J connectivity index is 2.47. The number of aliphatic hydroxyl groups is 1. The fourth-order valence-electron chi connectivity index (χ4n) is 2.34. The molecule has 18 heteroatoms. The summed E-state index contributed by atoms with van der Waals surface area (Å²) in [6.07, 6.45) is -11.7. The molecule has 0 aromatic rings. The van der Waals surface area contributed by atoms with Crippen LogP contribution in [0.3, 0.4) is 0 Å². The molecule has 33 heavy (non-hydrogen) atoms. The summed E-state index contributed by atoms with van der Waals surface area (Å²) in [5.74, 6) is -16.8. The van der Waals surface area contributed by atoms with Gasteiger partial charge in [0.1, 0.15) is 0 Å². The van der Waals surface area contributed by atoms with Crippen molar-refractivity contribution in [3.05, 3.63) is 12.2 Å². The molecule has 0 saturated carbocycles. The van der Waals surface area contributed by atoms with Gasteiger partial charge in [0.05, 0.1) is 18.8 Å². The molecule has 1 fully saturated rings. The molecule has 1 saturated heterocycles. The largest absolute Gasteiger partial charge is 0.743 e. The molecule has 0 aromatic heterocycles. The third-order valence-electron chi connectivity index (χ3n) is 4.27. The third-order valence-corrected chi connectivity index (χ3v) is 5.19. The number of unbranched alkanes of at least 4 members (excludes halogenated alkanes) is 1. The number of alkyl halides is 9. The van der Waals surface area contributed by atoms with E-state index in [0.717, 1.165) is 0 Å². The molecule has 8 nitrogen and oxygen atoms in total. The number of carbonyl (C=O) groups is 1. The van der Waals surface area contributed by atoms with Crippen molar-refractivity contribution in [2.45, 2.75) is 54.4 Å². The zero-order chi connectivity index (χ0) is 26.1. The first-order valence-corrected chi connectivity index (χ1v) is 10.0. The molecule has 0 radical (unpaired) electrons. The molecule has 194 valence electrons. The Labute approximate surface area is 180 Å². The number of carbonyl (C=O) groups excluding carboxylic acids is 1. The second-order valence-corrected chi connectivity index (χ2v) is 8.18. The summed E-state index contributed by atoms with van der Waals surface area (Å²) in [7, 11) is -6.63. The number of hydrogen-bond acceptors (Lipinski definition) is 8. The Morgan fingerprint density at radius 2 is 1.70 bits per heavy atom. The third kappa shape index (κ3) is 5.90. The quantitative estimate of drug-likeness (QED) is 0.143. The molecule has 2 unspecified atom stereocenters. The van der Waals surface area contributed by atoms with E-state index in [1.165, 1.54) is 0 Å². The van der Waals surface area contributed by atoms with Crippen molar-refractivity contribution >= 4 is 16.1 Å². The van der Waals surface area contributed by atoms with Gasteiger partial charge in [-0.1, -0.05) is 6.58 Å². The molecular weight excluding hydrogens is 511 g/mol. The van der Waals surface area contributed by atoms with Gasteiger partial charge >= 0.3 is 35.0 Å². The van der Waals surface area contributed by atoms with Crippen molar-refractivity contribution in [3.8, 4) is 0 Å². The van der Waals surface area contributed by atoms with Gasteiger partial charge in [0.2, 0.25) is 0 Å². The first-order chi connectivity index (χ1) is 14.6. The second kappa shape index (κ2) is 9.55. The summed E-state index contributed by atoms with van der Waals surface area (Å²) in [6.45, 7) is 0.220. The lowest BCUT2D eigenvalue weighted by Crippen LogP contribution is -2.59. The molecule has 0 amide bonds. The lowest BCUT2D eigenvalue weighted by Gasteiger charge is -2.31. The first-order valence-electron chi connectivity index (χ1n) is 8.60. The molecule has 2 atom stereocenters. The second-order valence-electron chi connectivity index (χ2n) is 6.76. The van der Waals surface area contributed by atoms with Crippen LogP contribution in [0.25, 0.3) is 0 Å². The highest BCUT2D eigenvalue weighted by atomic mass is 32.2. The van der Waals surface area contributed by atoms with Gasteiger partial charge in [-0.05, 0) is 12.8 Å². The van der Waals surface area contributed by atoms with Crippen molar-refractivity contribution in [2.75, 3.05) is 19.8 Å². The van der Waals surface area contributed by atoms with Gasteiger partial charge in [-0.3, -0.25) is 0 Å². The van der Waals surface area contributed by atoms with E-state index in [-0.39, 0.29) is 0 Å². The molecule has 1 aliphatic rings. The summed E-state index contributed by atoms with van der Waals surface area (Å²) in [5, 5.41) is 3.22. The number of esters is 1. The van der Waals surface area contributed by atoms with Crippen molar-refractivity contribution < 1.29 is 76.6 Å². The molecule has 0 aliphatic carbocycles. The van der Waals surface area contributed by atoms with Gasteiger partial charge in [0.15, 0.2) is 16.2 Å². The zero-order valence-corrected chi connectivity index (χ0v) is 17.0. The van der Waals surface area contributed by atoms with Gasteiger partial charge in [-0.15, -0.1) is 0 Å². The molecule has 0 bridgehead atoms. The number of rotatable bonds is 11. The average Bonchev–Trinajstić information content (AvgIpc) is 2.87. The van der Waals surface area contributed by atoms with Crippen LogP contribution in [0, 0.1) is 0 Å². The molecule has 1 aliphatic heterocycles. The van der Waals surface area contributed by atoms with E-state index in [1.807, 2.05) is 0 Å². The highest BCUT2D eigenvalue weighted by molar-refractivity contribution is 7.86. The maximum Gasteiger partial charge on any atom is 0.449 e. The van der Waals surface area contributed by atoms with Gasteiger partial charge in [-0.25, -0.2) is 13.2 Å². The Bertz CT molecular complexity index is 843. The van der Waals surface area contributed by atoms with Gasteiger partial charge in [0, 0.05) is 13.0 Å². The lowest BCUT2D eigenvalue weighted by atomic mass is 10.1.